The number of nitrogens with two attached hydrogens (primary N) is 1. The third kappa shape index (κ3) is 3.69. The van der Waals surface area contributed by atoms with Crippen molar-refractivity contribution in [1.82, 2.24) is 4.98 Å². The summed E-state index contributed by atoms with van der Waals surface area (Å²) < 4.78 is 23.9. The second-order valence-electron chi connectivity index (χ2n) is 4.01. The Labute approximate surface area is 129 Å². The van der Waals surface area contributed by atoms with Gasteiger partial charge < -0.3 is 15.2 Å². The third-order valence-corrected chi connectivity index (χ3v) is 3.12. The van der Waals surface area contributed by atoms with Crippen LogP contribution in [0.25, 0.3) is 0 Å². The molecule has 0 aliphatic rings. The number of aromatic nitrogens is 1. The lowest BCUT2D eigenvalue weighted by atomic mass is 10.3. The summed E-state index contributed by atoms with van der Waals surface area (Å²) in [6.45, 7) is 2.00. The molecule has 0 atom stereocenters. The van der Waals surface area contributed by atoms with Gasteiger partial charge >= 0.3 is 5.97 Å². The number of nitrogens with zero attached hydrogens (tertiary/aromatic N) is 1. The molecule has 0 fully saturated rings. The van der Waals surface area contributed by atoms with E-state index in [4.69, 9.17) is 15.2 Å². The predicted molar refractivity (Wildman–Crippen MR) is 78.8 cm³/mol. The molecule has 0 aliphatic heterocycles. The lowest BCUT2D eigenvalue weighted by Gasteiger charge is -2.09. The van der Waals surface area contributed by atoms with Crippen LogP contribution in [0, 0.1) is 5.82 Å². The van der Waals surface area contributed by atoms with Crippen LogP contribution >= 0.6 is 15.9 Å². The fourth-order valence-corrected chi connectivity index (χ4v) is 1.88. The topological polar surface area (TPSA) is 74.4 Å². The smallest absolute Gasteiger partial charge is 0.339 e. The number of hydrogen-bond acceptors (Lipinski definition) is 5. The number of benzene rings is 1. The molecule has 0 unspecified atom stereocenters. The number of pyridine rings is 1. The lowest BCUT2D eigenvalue weighted by molar-refractivity contribution is 0.0526. The van der Waals surface area contributed by atoms with Crippen LogP contribution in [0.5, 0.6) is 11.6 Å². The second-order valence-corrected chi connectivity index (χ2v) is 4.87. The van der Waals surface area contributed by atoms with Gasteiger partial charge in [0.1, 0.15) is 5.82 Å². The highest BCUT2D eigenvalue weighted by molar-refractivity contribution is 9.10. The van der Waals surface area contributed by atoms with E-state index in [1.807, 2.05) is 0 Å². The average molecular weight is 355 g/mol. The average Bonchev–Trinajstić information content (AvgIpc) is 2.46. The van der Waals surface area contributed by atoms with Crippen molar-refractivity contribution in [3.05, 3.63) is 46.3 Å². The molecule has 1 aromatic heterocycles. The molecule has 0 saturated heterocycles. The van der Waals surface area contributed by atoms with Crippen LogP contribution in [0.2, 0.25) is 0 Å². The monoisotopic (exact) mass is 354 g/mol. The molecule has 0 saturated carbocycles. The van der Waals surface area contributed by atoms with Gasteiger partial charge in [0, 0.05) is 18.3 Å². The lowest BCUT2D eigenvalue weighted by Crippen LogP contribution is -2.05. The number of rotatable bonds is 4. The summed E-state index contributed by atoms with van der Waals surface area (Å²) in [6, 6.07) is 5.54. The molecule has 0 amide bonds. The molecule has 0 bridgehead atoms. The summed E-state index contributed by atoms with van der Waals surface area (Å²) in [5.41, 5.74) is 6.30. The molecular weight excluding hydrogens is 343 g/mol. The minimum atomic E-state index is -0.498. The number of esters is 1. The first-order chi connectivity index (χ1) is 10.0. The van der Waals surface area contributed by atoms with E-state index in [1.54, 1.807) is 6.92 Å². The maximum absolute atomic E-state index is 13.5. The quantitative estimate of drug-likeness (QED) is 0.671. The van der Waals surface area contributed by atoms with Gasteiger partial charge in [-0.1, -0.05) is 0 Å². The van der Waals surface area contributed by atoms with Crippen LogP contribution in [0.15, 0.2) is 34.9 Å². The highest BCUT2D eigenvalue weighted by Gasteiger charge is 2.10. The molecule has 2 aromatic rings. The maximum atomic E-state index is 13.5. The zero-order chi connectivity index (χ0) is 15.4. The molecule has 1 heterocycles. The van der Waals surface area contributed by atoms with Crippen molar-refractivity contribution < 1.29 is 18.7 Å². The zero-order valence-electron chi connectivity index (χ0n) is 11.1. The zero-order valence-corrected chi connectivity index (χ0v) is 12.7. The molecular formula is C14H12BrFN2O3. The predicted octanol–water partition coefficient (Wildman–Crippen LogP) is 3.53. The molecule has 2 rings (SSSR count). The summed E-state index contributed by atoms with van der Waals surface area (Å²) in [5, 5.41) is 0. The number of ether oxygens (including phenoxy) is 2. The van der Waals surface area contributed by atoms with E-state index in [1.165, 1.54) is 24.4 Å². The van der Waals surface area contributed by atoms with Crippen molar-refractivity contribution >= 4 is 27.6 Å². The van der Waals surface area contributed by atoms with Gasteiger partial charge in [0.05, 0.1) is 22.3 Å². The number of carbonyl (C=O) groups excluding carboxylic acids is 1. The Balaban J connectivity index is 2.17. The number of carbonyl (C=O) groups is 1. The number of halogens is 2. The Morgan fingerprint density at radius 2 is 2.19 bits per heavy atom. The fourth-order valence-electron chi connectivity index (χ4n) is 1.52. The molecule has 5 nitrogen and oxygen atoms in total. The van der Waals surface area contributed by atoms with E-state index >= 15 is 0 Å². The molecule has 0 aliphatic carbocycles. The molecule has 110 valence electrons. The van der Waals surface area contributed by atoms with Crippen LogP contribution in [0.1, 0.15) is 17.3 Å². The van der Waals surface area contributed by atoms with Gasteiger partial charge in [0.15, 0.2) is 5.75 Å². The summed E-state index contributed by atoms with van der Waals surface area (Å²) in [4.78, 5) is 15.4. The van der Waals surface area contributed by atoms with Crippen LogP contribution in [-0.4, -0.2) is 17.6 Å². The van der Waals surface area contributed by atoms with E-state index in [9.17, 15) is 9.18 Å². The Morgan fingerprint density at radius 3 is 2.81 bits per heavy atom. The summed E-state index contributed by atoms with van der Waals surface area (Å²) in [7, 11) is 0. The number of nitrogen functional groups attached to an aromatic ring is 1. The first-order valence-electron chi connectivity index (χ1n) is 6.06. The minimum Gasteiger partial charge on any atom is -0.462 e. The standard InChI is InChI=1S/C14H12BrFN2O3/c1-2-20-14(19)8-3-4-13(18-7-8)21-12-6-10(16)9(15)5-11(12)17/h3-7H,2,17H2,1H3. The normalized spacial score (nSPS) is 10.2. The summed E-state index contributed by atoms with van der Waals surface area (Å²) >= 11 is 3.03. The SMILES string of the molecule is CCOC(=O)c1ccc(Oc2cc(F)c(Br)cc2N)nc1. The minimum absolute atomic E-state index is 0.145. The van der Waals surface area contributed by atoms with Gasteiger partial charge in [0.2, 0.25) is 5.88 Å². The van der Waals surface area contributed by atoms with Crippen molar-refractivity contribution in [2.75, 3.05) is 12.3 Å². The van der Waals surface area contributed by atoms with Crippen LogP contribution in [-0.2, 0) is 4.74 Å². The van der Waals surface area contributed by atoms with Gasteiger partial charge in [-0.05, 0) is 35.0 Å². The molecule has 1 aromatic carbocycles. The van der Waals surface area contributed by atoms with Crippen LogP contribution < -0.4 is 10.5 Å². The highest BCUT2D eigenvalue weighted by Crippen LogP contribution is 2.31. The maximum Gasteiger partial charge on any atom is 0.339 e. The van der Waals surface area contributed by atoms with Crippen molar-refractivity contribution in [3.8, 4) is 11.6 Å². The fraction of sp³-hybridized carbons (Fsp3) is 0.143. The molecule has 0 radical (unpaired) electrons. The van der Waals surface area contributed by atoms with Crippen LogP contribution in [0.4, 0.5) is 10.1 Å². The van der Waals surface area contributed by atoms with Crippen molar-refractivity contribution in [2.45, 2.75) is 6.92 Å². The first-order valence-corrected chi connectivity index (χ1v) is 6.86. The Kier molecular flexibility index (Phi) is 4.74. The van der Waals surface area contributed by atoms with Gasteiger partial charge in [-0.25, -0.2) is 14.2 Å². The van der Waals surface area contributed by atoms with Gasteiger partial charge in [-0.3, -0.25) is 0 Å². The Morgan fingerprint density at radius 1 is 1.43 bits per heavy atom. The third-order valence-electron chi connectivity index (χ3n) is 2.51. The van der Waals surface area contributed by atoms with Gasteiger partial charge in [-0.15, -0.1) is 0 Å². The largest absolute Gasteiger partial charge is 0.462 e. The second kappa shape index (κ2) is 6.53. The van der Waals surface area contributed by atoms with Crippen molar-refractivity contribution in [3.63, 3.8) is 0 Å². The summed E-state index contributed by atoms with van der Waals surface area (Å²) in [6.07, 6.45) is 1.32. The number of hydrogen-bond donors (Lipinski definition) is 1. The Bertz CT molecular complexity index is 662. The van der Waals surface area contributed by atoms with Gasteiger partial charge in [0.25, 0.3) is 0 Å². The molecule has 21 heavy (non-hydrogen) atoms. The number of anilines is 1. The van der Waals surface area contributed by atoms with Crippen molar-refractivity contribution in [1.29, 1.82) is 0 Å². The van der Waals surface area contributed by atoms with E-state index < -0.39 is 11.8 Å². The van der Waals surface area contributed by atoms with E-state index in [2.05, 4.69) is 20.9 Å². The first kappa shape index (κ1) is 15.2. The highest BCUT2D eigenvalue weighted by atomic mass is 79.9. The van der Waals surface area contributed by atoms with E-state index in [0.717, 1.165) is 6.07 Å². The Hall–Kier alpha value is -2.15. The van der Waals surface area contributed by atoms with Crippen LogP contribution in [0.3, 0.4) is 0 Å². The summed E-state index contributed by atoms with van der Waals surface area (Å²) in [5.74, 6) is -0.628. The molecule has 7 heteroatoms. The van der Waals surface area contributed by atoms with Crippen molar-refractivity contribution in [2.24, 2.45) is 0 Å². The molecule has 2 N–H and O–H groups in total. The van der Waals surface area contributed by atoms with E-state index in [0.29, 0.717) is 5.56 Å². The molecule has 0 spiro atoms. The van der Waals surface area contributed by atoms with Gasteiger partial charge in [-0.2, -0.15) is 0 Å². The van der Waals surface area contributed by atoms with E-state index in [-0.39, 0.29) is 28.4 Å².